The Bertz CT molecular complexity index is 949. The summed E-state index contributed by atoms with van der Waals surface area (Å²) in [4.78, 5) is 0. The molecule has 0 atom stereocenters. The molecule has 0 spiro atoms. The number of hydrogen-bond acceptors (Lipinski definition) is 80. The molecule has 640 valence electrons. The van der Waals surface area contributed by atoms with Crippen LogP contribution in [0, 0.1) is 205 Å². The molecule has 110 heavy (non-hydrogen) atoms. The monoisotopic (exact) mass is 2380 g/mol. The van der Waals surface area contributed by atoms with E-state index >= 15 is 0 Å². The van der Waals surface area contributed by atoms with Crippen molar-refractivity contribution in [1.29, 1.82) is 0 Å². The summed E-state index contributed by atoms with van der Waals surface area (Å²) in [5.74, 6) is 0. The molecule has 80 nitrogen and oxygen atoms in total. The van der Waals surface area contributed by atoms with E-state index in [0.717, 1.165) is 0 Å². The predicted octanol–water partition coefficient (Wildman–Crippen LogP) is -119. The van der Waals surface area contributed by atoms with Crippen LogP contribution in [0.3, 0.4) is 0 Å². The van der Waals surface area contributed by atoms with Gasteiger partial charge in [-0.05, 0) is 0 Å². The normalized spacial score (nSPS) is 10.9. The van der Waals surface area contributed by atoms with E-state index in [1.165, 1.54) is 0 Å². The Morgan fingerprint density at radius 2 is 0.0727 bits per heavy atom. The molecule has 110 heteroatoms. The van der Waals surface area contributed by atoms with Crippen LogP contribution in [0.1, 0.15) is 0 Å². The standard InChI is InChI=1S/20ClHO4.10K/c20*2-1(3,4)5;;;;;;;;;;/h20*(H,2,3,4,5);;;;;;;;;;/q;;;;;;;;;;;;;;;;;;;;10*+1/p-10. The Kier molecular flexibility index (Phi) is 209. The Morgan fingerprint density at radius 3 is 0.0727 bits per heavy atom. The fourth-order valence-electron chi connectivity index (χ4n) is 0. The van der Waals surface area contributed by atoms with Crippen LogP contribution in [0.25, 0.3) is 0 Å². The molecule has 10 N–H and O–H groups in total. The van der Waals surface area contributed by atoms with Crippen LogP contribution in [-0.4, -0.2) is 46.6 Å². The maximum atomic E-state index is 8.60. The van der Waals surface area contributed by atoms with E-state index in [9.17, 15) is 0 Å². The first kappa shape index (κ1) is 216. The van der Waals surface area contributed by atoms with Gasteiger partial charge < -0.3 is 0 Å². The van der Waals surface area contributed by atoms with Crippen molar-refractivity contribution in [2.24, 2.45) is 0 Å². The van der Waals surface area contributed by atoms with Gasteiger partial charge in [-0.15, -0.1) is 102 Å². The topological polar surface area (TPSA) is 1820 Å². The van der Waals surface area contributed by atoms with Crippen molar-refractivity contribution in [3.8, 4) is 0 Å². The van der Waals surface area contributed by atoms with Crippen molar-refractivity contribution in [3.63, 3.8) is 0 Å². The summed E-state index contributed by atoms with van der Waals surface area (Å²) in [5.41, 5.74) is 0. The van der Waals surface area contributed by atoms with Gasteiger partial charge in [0.05, 0.1) is 149 Å². The first-order valence-electron chi connectivity index (χ1n) is 12.5. The van der Waals surface area contributed by atoms with Gasteiger partial charge >= 0.3 is 514 Å². The van der Waals surface area contributed by atoms with E-state index in [0.29, 0.717) is 0 Å². The first-order chi connectivity index (χ1) is 40.0. The fraction of sp³-hybridized carbons (Fsp3) is 0. The van der Waals surface area contributed by atoms with Gasteiger partial charge in [0.15, 0.2) is 0 Å². The van der Waals surface area contributed by atoms with E-state index in [4.69, 9.17) is 373 Å². The molecule has 0 aromatic heterocycles. The summed E-state index contributed by atoms with van der Waals surface area (Å²) in [5, 5.41) is 0. The van der Waals surface area contributed by atoms with Crippen molar-refractivity contribution >= 4 is 0 Å². The van der Waals surface area contributed by atoms with Crippen molar-refractivity contribution in [2.45, 2.75) is 0 Å². The van der Waals surface area contributed by atoms with Gasteiger partial charge in [0, 0.05) is 0 Å². The third-order valence-electron chi connectivity index (χ3n) is 0. The molecule has 0 aliphatic rings. The van der Waals surface area contributed by atoms with E-state index in [-0.39, 0.29) is 514 Å². The third kappa shape index (κ3) is 5600. The largest absolute Gasteiger partial charge is 1.00 e. The quantitative estimate of drug-likeness (QED) is 0.101. The van der Waals surface area contributed by atoms with Gasteiger partial charge in [-0.1, -0.05) is 0 Å². The summed E-state index contributed by atoms with van der Waals surface area (Å²) >= 11 is 0. The first-order valence-corrected chi connectivity index (χ1v) is 37.5. The molecule has 0 saturated carbocycles. The summed E-state index contributed by atoms with van der Waals surface area (Å²) < 4.78 is 667. The van der Waals surface area contributed by atoms with Crippen LogP contribution >= 0.6 is 0 Å². The molecule has 0 radical (unpaired) electrons. The van der Waals surface area contributed by atoms with Gasteiger partial charge in [0.25, 0.3) is 0 Å². The van der Waals surface area contributed by atoms with Crippen molar-refractivity contribution in [1.82, 2.24) is 0 Å². The average Bonchev–Trinajstić information content (AvgIpc) is 2.87. The summed E-state index contributed by atoms with van der Waals surface area (Å²) in [6.07, 6.45) is 0. The summed E-state index contributed by atoms with van der Waals surface area (Å²) in [6.45, 7) is 0. The molecule has 0 aromatic rings. The maximum absolute atomic E-state index is 8.60. The Labute approximate surface area is 1060 Å². The van der Waals surface area contributed by atoms with Gasteiger partial charge in [-0.2, -0.15) is 140 Å². The maximum Gasteiger partial charge on any atom is 1.00 e. The third-order valence-corrected chi connectivity index (χ3v) is 0. The Balaban J connectivity index is -0.0000000218. The minimum atomic E-state index is -4.94. The molecule has 0 aliphatic heterocycles. The Hall–Kier alpha value is 19.0. The molecule has 0 heterocycles. The van der Waals surface area contributed by atoms with Crippen LogP contribution in [0.2, 0.25) is 0 Å². The zero-order valence-corrected chi connectivity index (χ0v) is 97.0. The molecular weight excluding hydrogens is 2380 g/mol. The van der Waals surface area contributed by atoms with Gasteiger partial charge in [0.1, 0.15) is 0 Å². The number of rotatable bonds is 0. The summed E-state index contributed by atoms with van der Waals surface area (Å²) in [6, 6.07) is 0. The molecule has 0 aromatic carbocycles. The molecule has 0 amide bonds. The van der Waals surface area contributed by atoms with E-state index in [1.54, 1.807) is 0 Å². The van der Waals surface area contributed by atoms with E-state index in [2.05, 4.69) is 0 Å². The smallest absolute Gasteiger partial charge is 0.222 e. The average molecular weight is 2390 g/mol. The van der Waals surface area contributed by atoms with E-state index < -0.39 is 205 Å². The van der Waals surface area contributed by atoms with Crippen molar-refractivity contribution in [3.05, 3.63) is 0 Å². The molecule has 0 bridgehead atoms. The second-order valence-corrected chi connectivity index (χ2v) is 23.2. The second kappa shape index (κ2) is 107. The van der Waals surface area contributed by atoms with Gasteiger partial charge in [-0.25, -0.2) is 186 Å². The van der Waals surface area contributed by atoms with Gasteiger partial charge in [-0.3, -0.25) is 0 Å². The molecule has 0 unspecified atom stereocenters. The fourth-order valence-corrected chi connectivity index (χ4v) is 0. The summed E-state index contributed by atoms with van der Waals surface area (Å²) in [7, 11) is -96.4. The SMILES string of the molecule is [K+].[K+].[K+].[K+].[K+].[K+].[K+].[K+].[K+].[K+].[O-][Cl+3]([O-])([O-])O.[O-][Cl+3]([O-])([O-])O.[O-][Cl+3]([O-])([O-])O.[O-][Cl+3]([O-])([O-])O.[O-][Cl+3]([O-])([O-])O.[O-][Cl+3]([O-])([O-])O.[O-][Cl+3]([O-])([O-])O.[O-][Cl+3]([O-])([O-])O.[O-][Cl+3]([O-])([O-])O.[O-][Cl+3]([O-])([O-])O.[O-][Cl+3]([O-])([O-])[O-].[O-][Cl+3]([O-])([O-])[O-].[O-][Cl+3]([O-])([O-])[O-].[O-][Cl+3]([O-])([O-])[O-].[O-][Cl+3]([O-])([O-])[O-].[O-][Cl+3]([O-])([O-])[O-].[O-][Cl+3]([O-])([O-])[O-].[O-][Cl+3]([O-])([O-])[O-].[O-][Cl+3]([O-])([O-])[O-].[O-][Cl+3]([O-])([O-])[O-]. The van der Waals surface area contributed by atoms with Gasteiger partial charge in [0.2, 0.25) is 0 Å². The Morgan fingerprint density at radius 1 is 0.0727 bits per heavy atom. The zero-order chi connectivity index (χ0) is 90.0. The number of hydrogen-bond donors (Lipinski definition) is 10. The molecule has 0 rings (SSSR count). The van der Waals surface area contributed by atoms with Crippen LogP contribution in [0.15, 0.2) is 0 Å². The molecule has 0 fully saturated rings. The predicted molar refractivity (Wildman–Crippen MR) is 22.2 cm³/mol. The van der Waals surface area contributed by atoms with Crippen LogP contribution < -0.4 is 840 Å². The van der Waals surface area contributed by atoms with E-state index in [1.807, 2.05) is 0 Å². The molecular formula is H10Cl20K10O80. The van der Waals surface area contributed by atoms with Crippen LogP contribution in [0.4, 0.5) is 0 Å². The number of halogens is 20. The molecule has 0 saturated heterocycles. The van der Waals surface area contributed by atoms with Crippen molar-refractivity contribution in [2.75, 3.05) is 0 Å². The van der Waals surface area contributed by atoms with Crippen LogP contribution in [-0.2, 0) is 0 Å². The second-order valence-electron chi connectivity index (χ2n) is 7.74. The zero-order valence-electron chi connectivity index (χ0n) is 50.6. The van der Waals surface area contributed by atoms with Crippen LogP contribution in [0.5, 0.6) is 0 Å². The minimum Gasteiger partial charge on any atom is -0.222 e. The van der Waals surface area contributed by atoms with Crippen molar-refractivity contribution < 1.29 is 1090 Å². The molecule has 0 aliphatic carbocycles. The minimum absolute atomic E-state index is 0.